The molecule has 36 heavy (non-hydrogen) atoms. The van der Waals surface area contributed by atoms with Gasteiger partial charge in [0.15, 0.2) is 5.82 Å². The van der Waals surface area contributed by atoms with Crippen molar-refractivity contribution in [1.82, 2.24) is 9.97 Å². The molecule has 0 bridgehead atoms. The van der Waals surface area contributed by atoms with Gasteiger partial charge in [0.1, 0.15) is 23.9 Å². The van der Waals surface area contributed by atoms with Gasteiger partial charge in [-0.25, -0.2) is 9.97 Å². The molecule has 0 spiro atoms. The van der Waals surface area contributed by atoms with Gasteiger partial charge < -0.3 is 9.80 Å². The van der Waals surface area contributed by atoms with Crippen LogP contribution in [0, 0.1) is 19.3 Å². The number of hydrogen-bond donors (Lipinski definition) is 0. The Hall–Kier alpha value is -3.92. The second-order valence-electron chi connectivity index (χ2n) is 9.97. The van der Waals surface area contributed by atoms with E-state index in [0.717, 1.165) is 41.4 Å². The average Bonchev–Trinajstić information content (AvgIpc) is 3.26. The molecule has 4 aromatic rings. The maximum Gasteiger partial charge on any atom is 0.162 e. The number of anilines is 4. The van der Waals surface area contributed by atoms with E-state index in [0.29, 0.717) is 0 Å². The fraction of sp³-hybridized carbons (Fsp3) is 0.250. The van der Waals surface area contributed by atoms with Gasteiger partial charge >= 0.3 is 0 Å². The molecule has 3 heterocycles. The standard InChI is InChI=1S/C32H32N4/c1-6-32(7-2)23(5)25-18-11-12-19-26(25)36-30-29(35(31(32)36)24-16-9-8-10-17-24)28(33-20-34-30)27-21(3)14-13-15-22(27)4/h8-20,31H,5-7H2,1-4H3. The lowest BCUT2D eigenvalue weighted by Gasteiger charge is -2.51. The van der Waals surface area contributed by atoms with E-state index in [4.69, 9.17) is 16.5 Å². The topological polar surface area (TPSA) is 32.3 Å². The molecular weight excluding hydrogens is 440 g/mol. The summed E-state index contributed by atoms with van der Waals surface area (Å²) in [6.45, 7) is 13.7. The van der Waals surface area contributed by atoms with E-state index in [-0.39, 0.29) is 11.6 Å². The molecule has 1 atom stereocenters. The molecule has 1 unspecified atom stereocenters. The zero-order chi connectivity index (χ0) is 25.0. The lowest BCUT2D eigenvalue weighted by atomic mass is 9.67. The molecular formula is C32H32N4. The fourth-order valence-electron chi connectivity index (χ4n) is 6.50. The predicted molar refractivity (Wildman–Crippen MR) is 150 cm³/mol. The van der Waals surface area contributed by atoms with Crippen LogP contribution >= 0.6 is 0 Å². The van der Waals surface area contributed by atoms with Gasteiger partial charge in [-0.1, -0.05) is 75.0 Å². The Labute approximate surface area is 214 Å². The first-order valence-corrected chi connectivity index (χ1v) is 12.9. The Balaban J connectivity index is 1.74. The molecule has 180 valence electrons. The van der Waals surface area contributed by atoms with Gasteiger partial charge in [0.2, 0.25) is 0 Å². The minimum atomic E-state index is -0.164. The Morgan fingerprint density at radius 2 is 1.47 bits per heavy atom. The lowest BCUT2D eigenvalue weighted by molar-refractivity contribution is 0.295. The Kier molecular flexibility index (Phi) is 5.22. The molecule has 1 aromatic heterocycles. The molecule has 6 rings (SSSR count). The van der Waals surface area contributed by atoms with Crippen LogP contribution in [-0.4, -0.2) is 16.1 Å². The molecule has 0 aliphatic carbocycles. The van der Waals surface area contributed by atoms with Crippen LogP contribution in [0.15, 0.2) is 85.7 Å². The van der Waals surface area contributed by atoms with Crippen molar-refractivity contribution in [2.24, 2.45) is 5.41 Å². The van der Waals surface area contributed by atoms with Crippen molar-refractivity contribution in [3.8, 4) is 11.3 Å². The minimum absolute atomic E-state index is 0.00655. The SMILES string of the molecule is C=C1c2ccccc2N2c3ncnc(-c4c(C)cccc4C)c3N(c3ccccc3)C2C1(CC)CC. The minimum Gasteiger partial charge on any atom is -0.314 e. The van der Waals surface area contributed by atoms with E-state index in [1.165, 1.54) is 27.8 Å². The number of nitrogens with zero attached hydrogens (tertiary/aromatic N) is 4. The quantitative estimate of drug-likeness (QED) is 0.299. The summed E-state index contributed by atoms with van der Waals surface area (Å²) in [7, 11) is 0. The molecule has 3 aromatic carbocycles. The van der Waals surface area contributed by atoms with Gasteiger partial charge in [-0.05, 0) is 61.6 Å². The van der Waals surface area contributed by atoms with Gasteiger partial charge in [0.25, 0.3) is 0 Å². The first-order valence-electron chi connectivity index (χ1n) is 12.9. The van der Waals surface area contributed by atoms with Crippen LogP contribution in [0.1, 0.15) is 43.4 Å². The van der Waals surface area contributed by atoms with Crippen LogP contribution in [0.25, 0.3) is 16.8 Å². The molecule has 2 aliphatic rings. The van der Waals surface area contributed by atoms with Gasteiger partial charge in [-0.15, -0.1) is 0 Å². The van der Waals surface area contributed by atoms with Crippen molar-refractivity contribution in [3.05, 3.63) is 102 Å². The molecule has 0 amide bonds. The number of rotatable bonds is 4. The van der Waals surface area contributed by atoms with Crippen molar-refractivity contribution in [3.63, 3.8) is 0 Å². The number of benzene rings is 3. The molecule has 0 N–H and O–H groups in total. The van der Waals surface area contributed by atoms with Crippen LogP contribution < -0.4 is 9.80 Å². The average molecular weight is 473 g/mol. The van der Waals surface area contributed by atoms with Crippen molar-refractivity contribution < 1.29 is 0 Å². The number of aryl methyl sites for hydroxylation is 2. The summed E-state index contributed by atoms with van der Waals surface area (Å²) in [5, 5.41) is 0. The molecule has 0 radical (unpaired) electrons. The molecule has 2 aliphatic heterocycles. The second-order valence-corrected chi connectivity index (χ2v) is 9.97. The Bertz CT molecular complexity index is 1450. The highest BCUT2D eigenvalue weighted by molar-refractivity contribution is 6.00. The highest BCUT2D eigenvalue weighted by Gasteiger charge is 2.56. The first-order chi connectivity index (χ1) is 17.5. The van der Waals surface area contributed by atoms with Crippen LogP contribution in [-0.2, 0) is 0 Å². The number of para-hydroxylation sites is 2. The van der Waals surface area contributed by atoms with Gasteiger partial charge in [-0.3, -0.25) is 0 Å². The van der Waals surface area contributed by atoms with E-state index in [1.807, 2.05) is 0 Å². The molecule has 0 saturated heterocycles. The van der Waals surface area contributed by atoms with Crippen LogP contribution in [0.2, 0.25) is 0 Å². The van der Waals surface area contributed by atoms with Crippen LogP contribution in [0.3, 0.4) is 0 Å². The predicted octanol–water partition coefficient (Wildman–Crippen LogP) is 8.21. The third-order valence-electron chi connectivity index (χ3n) is 8.36. The van der Waals surface area contributed by atoms with Crippen molar-refractivity contribution in [2.75, 3.05) is 9.80 Å². The zero-order valence-corrected chi connectivity index (χ0v) is 21.5. The third kappa shape index (κ3) is 2.94. The van der Waals surface area contributed by atoms with Crippen LogP contribution in [0.4, 0.5) is 22.9 Å². The van der Waals surface area contributed by atoms with E-state index in [1.54, 1.807) is 6.33 Å². The zero-order valence-electron chi connectivity index (χ0n) is 21.5. The first kappa shape index (κ1) is 22.5. The maximum absolute atomic E-state index is 4.97. The van der Waals surface area contributed by atoms with Gasteiger partial charge in [-0.2, -0.15) is 0 Å². The smallest absolute Gasteiger partial charge is 0.162 e. The van der Waals surface area contributed by atoms with E-state index in [2.05, 4.69) is 110 Å². The van der Waals surface area contributed by atoms with Gasteiger partial charge in [0.05, 0.1) is 5.69 Å². The highest BCUT2D eigenvalue weighted by Crippen LogP contribution is 2.62. The highest BCUT2D eigenvalue weighted by atomic mass is 15.5. The summed E-state index contributed by atoms with van der Waals surface area (Å²) in [6, 6.07) is 25.8. The number of aromatic nitrogens is 2. The summed E-state index contributed by atoms with van der Waals surface area (Å²) in [4.78, 5) is 14.9. The number of fused-ring (bicyclic) bond motifs is 5. The largest absolute Gasteiger partial charge is 0.314 e. The summed E-state index contributed by atoms with van der Waals surface area (Å²) in [5.74, 6) is 0.961. The van der Waals surface area contributed by atoms with Crippen LogP contribution in [0.5, 0.6) is 0 Å². The van der Waals surface area contributed by atoms with Gasteiger partial charge in [0, 0.05) is 22.2 Å². The Morgan fingerprint density at radius 3 is 2.17 bits per heavy atom. The monoisotopic (exact) mass is 472 g/mol. The molecule has 4 heteroatoms. The molecule has 0 fully saturated rings. The van der Waals surface area contributed by atoms with E-state index >= 15 is 0 Å². The van der Waals surface area contributed by atoms with Crippen molar-refractivity contribution >= 4 is 28.5 Å². The normalized spacial score (nSPS) is 17.6. The van der Waals surface area contributed by atoms with Crippen molar-refractivity contribution in [1.29, 1.82) is 0 Å². The second kappa shape index (κ2) is 8.34. The van der Waals surface area contributed by atoms with E-state index < -0.39 is 0 Å². The lowest BCUT2D eigenvalue weighted by Crippen LogP contribution is -2.54. The summed E-state index contributed by atoms with van der Waals surface area (Å²) >= 11 is 0. The van der Waals surface area contributed by atoms with E-state index in [9.17, 15) is 0 Å². The Morgan fingerprint density at radius 1 is 0.806 bits per heavy atom. The fourth-order valence-corrected chi connectivity index (χ4v) is 6.50. The molecule has 0 saturated carbocycles. The number of hydrogen-bond acceptors (Lipinski definition) is 4. The molecule has 4 nitrogen and oxygen atoms in total. The van der Waals surface area contributed by atoms with Crippen molar-refractivity contribution in [2.45, 2.75) is 46.7 Å². The third-order valence-corrected chi connectivity index (χ3v) is 8.36. The summed E-state index contributed by atoms with van der Waals surface area (Å²) in [6.07, 6.45) is 3.69. The summed E-state index contributed by atoms with van der Waals surface area (Å²) in [5.41, 5.74) is 10.2. The summed E-state index contributed by atoms with van der Waals surface area (Å²) < 4.78 is 0. The maximum atomic E-state index is 4.97.